The van der Waals surface area contributed by atoms with Gasteiger partial charge < -0.3 is 16.0 Å². The third-order valence-corrected chi connectivity index (χ3v) is 8.62. The molecule has 2 aliphatic rings. The van der Waals surface area contributed by atoms with Gasteiger partial charge in [-0.3, -0.25) is 24.0 Å². The Bertz CT molecular complexity index is 1290. The molecule has 3 N–H and O–H groups in total. The number of Topliss-reactive ketones (excluding diaryl/α,β-unsaturated/α-hetero) is 2. The Morgan fingerprint density at radius 1 is 0.721 bits per heavy atom. The fraction of sp³-hybridized carbons (Fsp3) is 0.514. The van der Waals surface area contributed by atoms with Crippen LogP contribution in [-0.4, -0.2) is 46.9 Å². The molecule has 3 amide bonds. The molecule has 1 saturated carbocycles. The Labute approximate surface area is 254 Å². The molecule has 4 rings (SSSR count). The number of hydrogen-bond donors (Lipinski definition) is 3. The molecule has 0 bridgehead atoms. The van der Waals surface area contributed by atoms with Gasteiger partial charge in [0.05, 0.1) is 6.04 Å². The van der Waals surface area contributed by atoms with Gasteiger partial charge in [-0.2, -0.15) is 0 Å². The van der Waals surface area contributed by atoms with Crippen molar-refractivity contribution in [2.45, 2.75) is 96.2 Å². The van der Waals surface area contributed by atoms with E-state index in [-0.39, 0.29) is 48.6 Å². The first kappa shape index (κ1) is 32.1. The summed E-state index contributed by atoms with van der Waals surface area (Å²) in [6.45, 7) is 5.55. The van der Waals surface area contributed by atoms with Gasteiger partial charge in [-0.15, -0.1) is 0 Å². The first-order valence-corrected chi connectivity index (χ1v) is 15.6. The lowest BCUT2D eigenvalue weighted by molar-refractivity contribution is -0.134. The van der Waals surface area contributed by atoms with Crippen molar-refractivity contribution in [3.05, 3.63) is 71.8 Å². The van der Waals surface area contributed by atoms with E-state index in [2.05, 4.69) is 16.0 Å². The van der Waals surface area contributed by atoms with Gasteiger partial charge in [0.15, 0.2) is 5.78 Å². The molecule has 8 nitrogen and oxygen atoms in total. The molecule has 1 unspecified atom stereocenters. The quantitative estimate of drug-likeness (QED) is 0.470. The van der Waals surface area contributed by atoms with E-state index < -0.39 is 35.4 Å². The summed E-state index contributed by atoms with van der Waals surface area (Å²) in [7, 11) is 0. The van der Waals surface area contributed by atoms with Crippen molar-refractivity contribution in [1.82, 2.24) is 16.0 Å². The highest BCUT2D eigenvalue weighted by Gasteiger charge is 2.45. The second kappa shape index (κ2) is 14.6. The summed E-state index contributed by atoms with van der Waals surface area (Å²) in [4.78, 5) is 67.3. The first-order chi connectivity index (χ1) is 20.5. The highest BCUT2D eigenvalue weighted by atomic mass is 16.2. The summed E-state index contributed by atoms with van der Waals surface area (Å²) in [5, 5.41) is 8.89. The Morgan fingerprint density at radius 3 is 1.81 bits per heavy atom. The van der Waals surface area contributed by atoms with Crippen LogP contribution in [0.4, 0.5) is 0 Å². The number of nitrogens with one attached hydrogen (secondary N) is 3. The Kier molecular flexibility index (Phi) is 10.9. The van der Waals surface area contributed by atoms with Crippen molar-refractivity contribution in [1.29, 1.82) is 0 Å². The minimum atomic E-state index is -0.857. The third kappa shape index (κ3) is 9.60. The van der Waals surface area contributed by atoms with Gasteiger partial charge >= 0.3 is 0 Å². The average Bonchev–Trinajstić information content (AvgIpc) is 3.74. The molecule has 1 aliphatic carbocycles. The minimum absolute atomic E-state index is 0.0302. The van der Waals surface area contributed by atoms with Crippen LogP contribution in [0.3, 0.4) is 0 Å². The second-order valence-electron chi connectivity index (χ2n) is 12.9. The number of rotatable bonds is 6. The highest BCUT2D eigenvalue weighted by molar-refractivity contribution is 5.95. The van der Waals surface area contributed by atoms with Crippen LogP contribution in [0.5, 0.6) is 0 Å². The lowest BCUT2D eigenvalue weighted by Crippen LogP contribution is -2.52. The first-order valence-electron chi connectivity index (χ1n) is 15.6. The molecule has 230 valence electrons. The normalized spacial score (nSPS) is 25.5. The zero-order valence-corrected chi connectivity index (χ0v) is 25.6. The lowest BCUT2D eigenvalue weighted by Gasteiger charge is -2.25. The van der Waals surface area contributed by atoms with Crippen molar-refractivity contribution in [3.63, 3.8) is 0 Å². The molecular weight excluding hydrogens is 542 g/mol. The number of amides is 3. The summed E-state index contributed by atoms with van der Waals surface area (Å²) in [5.41, 5.74) is 1.42. The number of carbonyl (C=O) groups excluding carboxylic acids is 5. The van der Waals surface area contributed by atoms with Gasteiger partial charge in [0.1, 0.15) is 11.8 Å². The van der Waals surface area contributed by atoms with E-state index in [1.54, 1.807) is 6.92 Å². The molecule has 0 aromatic heterocycles. The fourth-order valence-electron chi connectivity index (χ4n) is 5.83. The maximum absolute atomic E-state index is 13.6. The standard InChI is InChI=1S/C35H45N3O5/c1-23(2)18-30-34(43)36-24(3)31(40)22-28(20-26-12-8-5-9-13-26)33(42)38-35(16-17-35)15-14-29(39)21-27(32(41)37-30)19-25-10-6-4-7-11-25/h4-13,23-24,27-28,30H,14-22H2,1-3H3,(H,36,43)(H,37,41)(H,38,42)/t24-,27+,28?,30-/m0/s1. The van der Waals surface area contributed by atoms with E-state index in [4.69, 9.17) is 0 Å². The molecule has 1 aliphatic heterocycles. The van der Waals surface area contributed by atoms with Crippen molar-refractivity contribution < 1.29 is 24.0 Å². The maximum atomic E-state index is 13.6. The number of ketones is 2. The Morgan fingerprint density at radius 2 is 1.28 bits per heavy atom. The van der Waals surface area contributed by atoms with E-state index in [0.29, 0.717) is 25.7 Å². The van der Waals surface area contributed by atoms with E-state index >= 15 is 0 Å². The fourth-order valence-corrected chi connectivity index (χ4v) is 5.83. The van der Waals surface area contributed by atoms with Crippen molar-refractivity contribution in [3.8, 4) is 0 Å². The van der Waals surface area contributed by atoms with E-state index in [0.717, 1.165) is 24.0 Å². The summed E-state index contributed by atoms with van der Waals surface area (Å²) in [6, 6.07) is 17.4. The largest absolute Gasteiger partial charge is 0.350 e. The molecule has 2 aromatic carbocycles. The van der Waals surface area contributed by atoms with Crippen LogP contribution in [0.1, 0.15) is 76.8 Å². The van der Waals surface area contributed by atoms with Gasteiger partial charge in [0.25, 0.3) is 0 Å². The lowest BCUT2D eigenvalue weighted by atomic mass is 9.90. The van der Waals surface area contributed by atoms with Crippen LogP contribution in [0.25, 0.3) is 0 Å². The van der Waals surface area contributed by atoms with Crippen LogP contribution in [0, 0.1) is 17.8 Å². The molecule has 43 heavy (non-hydrogen) atoms. The molecule has 2 aromatic rings. The Hall–Kier alpha value is -3.81. The number of benzene rings is 2. The van der Waals surface area contributed by atoms with Gasteiger partial charge in [-0.25, -0.2) is 0 Å². The van der Waals surface area contributed by atoms with Crippen molar-refractivity contribution in [2.75, 3.05) is 0 Å². The molecule has 1 saturated heterocycles. The Balaban J connectivity index is 1.60. The SMILES string of the molecule is CC(C)C[C@@H]1NC(=O)[C@H](Cc2ccccc2)CC(=O)CCC2(CC2)NC(=O)C(Cc2ccccc2)CC(=O)[C@H](C)NC1=O. The summed E-state index contributed by atoms with van der Waals surface area (Å²) >= 11 is 0. The maximum Gasteiger partial charge on any atom is 0.243 e. The topological polar surface area (TPSA) is 121 Å². The number of hydrogen-bond acceptors (Lipinski definition) is 5. The van der Waals surface area contributed by atoms with Crippen LogP contribution in [-0.2, 0) is 36.8 Å². The summed E-state index contributed by atoms with van der Waals surface area (Å²) in [5.74, 6) is -2.45. The van der Waals surface area contributed by atoms with Crippen LogP contribution >= 0.6 is 0 Å². The molecule has 4 atom stereocenters. The molecule has 0 radical (unpaired) electrons. The second-order valence-corrected chi connectivity index (χ2v) is 12.9. The van der Waals surface area contributed by atoms with Crippen LogP contribution < -0.4 is 16.0 Å². The zero-order valence-electron chi connectivity index (χ0n) is 25.6. The van der Waals surface area contributed by atoms with E-state index in [1.165, 1.54) is 0 Å². The molecule has 2 fully saturated rings. The number of carbonyl (C=O) groups is 5. The van der Waals surface area contributed by atoms with E-state index in [9.17, 15) is 24.0 Å². The van der Waals surface area contributed by atoms with Gasteiger partial charge in [-0.05, 0) is 62.5 Å². The monoisotopic (exact) mass is 587 g/mol. The smallest absolute Gasteiger partial charge is 0.243 e. The predicted molar refractivity (Wildman–Crippen MR) is 165 cm³/mol. The molecule has 1 spiro atoms. The van der Waals surface area contributed by atoms with Crippen LogP contribution in [0.15, 0.2) is 60.7 Å². The highest BCUT2D eigenvalue weighted by Crippen LogP contribution is 2.40. The summed E-state index contributed by atoms with van der Waals surface area (Å²) in [6.07, 6.45) is 3.44. The van der Waals surface area contributed by atoms with Gasteiger partial charge in [0.2, 0.25) is 17.7 Å². The molecule has 1 heterocycles. The average molecular weight is 588 g/mol. The van der Waals surface area contributed by atoms with Gasteiger partial charge in [-0.1, -0.05) is 74.5 Å². The predicted octanol–water partition coefficient (Wildman–Crippen LogP) is 4.10. The summed E-state index contributed by atoms with van der Waals surface area (Å²) < 4.78 is 0. The van der Waals surface area contributed by atoms with Crippen molar-refractivity contribution >= 4 is 29.3 Å². The van der Waals surface area contributed by atoms with Crippen molar-refractivity contribution in [2.24, 2.45) is 17.8 Å². The minimum Gasteiger partial charge on any atom is -0.350 e. The molecule has 8 heteroatoms. The van der Waals surface area contributed by atoms with Crippen LogP contribution in [0.2, 0.25) is 0 Å². The third-order valence-electron chi connectivity index (χ3n) is 8.62. The van der Waals surface area contributed by atoms with E-state index in [1.807, 2.05) is 74.5 Å². The molecular formula is C35H45N3O5. The van der Waals surface area contributed by atoms with Gasteiger partial charge in [0, 0.05) is 36.6 Å². The zero-order chi connectivity index (χ0) is 31.0.